The first-order valence-electron chi connectivity index (χ1n) is 9.21. The van der Waals surface area contributed by atoms with Crippen LogP contribution in [0.15, 0.2) is 42.7 Å². The summed E-state index contributed by atoms with van der Waals surface area (Å²) in [5, 5.41) is 9.92. The predicted molar refractivity (Wildman–Crippen MR) is 102 cm³/mol. The summed E-state index contributed by atoms with van der Waals surface area (Å²) in [7, 11) is 1.67. The molecule has 2 aliphatic rings. The number of H-pyrrole nitrogens is 1. The number of hydrogen-bond acceptors (Lipinski definition) is 6. The number of benzene rings is 2. The van der Waals surface area contributed by atoms with E-state index < -0.39 is 0 Å². The average molecular weight is 379 g/mol. The predicted octanol–water partition coefficient (Wildman–Crippen LogP) is 3.00. The lowest BCUT2D eigenvalue weighted by molar-refractivity contribution is 0.173. The Labute approximate surface area is 162 Å². The Morgan fingerprint density at radius 1 is 1.25 bits per heavy atom. The van der Waals surface area contributed by atoms with Gasteiger partial charge in [-0.1, -0.05) is 12.1 Å². The highest BCUT2D eigenvalue weighted by Crippen LogP contribution is 2.40. The molecule has 0 aliphatic carbocycles. The summed E-state index contributed by atoms with van der Waals surface area (Å²) in [4.78, 5) is 10.2. The van der Waals surface area contributed by atoms with E-state index in [0.29, 0.717) is 12.3 Å². The molecule has 3 aromatic rings. The van der Waals surface area contributed by atoms with E-state index in [1.54, 1.807) is 19.5 Å². The Bertz CT molecular complexity index is 1020. The van der Waals surface area contributed by atoms with Gasteiger partial charge in [-0.05, 0) is 23.8 Å². The molecule has 28 heavy (non-hydrogen) atoms. The van der Waals surface area contributed by atoms with E-state index in [2.05, 4.69) is 14.9 Å². The SMILES string of the molecule is COc1cc2c(cc1CN1Cc3[nH]cnc3C(c3cccc(O)c3)C1)OCO2. The van der Waals surface area contributed by atoms with Crippen LogP contribution in [-0.2, 0) is 13.1 Å². The molecule has 0 radical (unpaired) electrons. The molecule has 0 amide bonds. The molecule has 2 aliphatic heterocycles. The van der Waals surface area contributed by atoms with Gasteiger partial charge in [0, 0.05) is 37.2 Å². The molecule has 0 saturated carbocycles. The zero-order valence-corrected chi connectivity index (χ0v) is 15.5. The minimum atomic E-state index is 0.0853. The van der Waals surface area contributed by atoms with Crippen molar-refractivity contribution in [1.29, 1.82) is 0 Å². The zero-order chi connectivity index (χ0) is 19.1. The zero-order valence-electron chi connectivity index (χ0n) is 15.5. The minimum Gasteiger partial charge on any atom is -0.508 e. The lowest BCUT2D eigenvalue weighted by Crippen LogP contribution is -2.34. The Hall–Kier alpha value is -3.19. The van der Waals surface area contributed by atoms with Crippen LogP contribution >= 0.6 is 0 Å². The Kier molecular flexibility index (Phi) is 4.09. The van der Waals surface area contributed by atoms with Gasteiger partial charge in [-0.25, -0.2) is 4.98 Å². The van der Waals surface area contributed by atoms with Crippen LogP contribution < -0.4 is 14.2 Å². The van der Waals surface area contributed by atoms with Gasteiger partial charge < -0.3 is 24.3 Å². The monoisotopic (exact) mass is 379 g/mol. The third-order valence-corrected chi connectivity index (χ3v) is 5.35. The van der Waals surface area contributed by atoms with Crippen molar-refractivity contribution in [2.24, 2.45) is 0 Å². The molecule has 0 bridgehead atoms. The smallest absolute Gasteiger partial charge is 0.231 e. The number of imidazole rings is 1. The molecule has 5 rings (SSSR count). The fraction of sp³-hybridized carbons (Fsp3) is 0.286. The molecule has 1 atom stereocenters. The fourth-order valence-electron chi connectivity index (χ4n) is 4.04. The summed E-state index contributed by atoms with van der Waals surface area (Å²) in [6.45, 7) is 2.50. The Morgan fingerprint density at radius 3 is 2.93 bits per heavy atom. The van der Waals surface area contributed by atoms with Gasteiger partial charge in [-0.3, -0.25) is 4.90 Å². The molecule has 0 spiro atoms. The minimum absolute atomic E-state index is 0.0853. The summed E-state index contributed by atoms with van der Waals surface area (Å²) in [6, 6.07) is 11.3. The van der Waals surface area contributed by atoms with Crippen molar-refractivity contribution >= 4 is 0 Å². The second-order valence-corrected chi connectivity index (χ2v) is 7.10. The summed E-state index contributed by atoms with van der Waals surface area (Å²) >= 11 is 0. The maximum absolute atomic E-state index is 9.92. The molecular weight excluding hydrogens is 358 g/mol. The normalized spacial score (nSPS) is 18.1. The number of ether oxygens (including phenoxy) is 3. The lowest BCUT2D eigenvalue weighted by atomic mass is 9.90. The second-order valence-electron chi connectivity index (χ2n) is 7.10. The van der Waals surface area contributed by atoms with Gasteiger partial charge in [-0.2, -0.15) is 0 Å². The third kappa shape index (κ3) is 2.93. The highest BCUT2D eigenvalue weighted by atomic mass is 16.7. The van der Waals surface area contributed by atoms with Crippen LogP contribution in [0, 0.1) is 0 Å². The van der Waals surface area contributed by atoms with Gasteiger partial charge >= 0.3 is 0 Å². The van der Waals surface area contributed by atoms with Gasteiger partial charge in [0.1, 0.15) is 11.5 Å². The van der Waals surface area contributed by atoms with Gasteiger partial charge in [0.05, 0.1) is 24.8 Å². The van der Waals surface area contributed by atoms with Crippen LogP contribution in [-0.4, -0.2) is 40.4 Å². The summed E-state index contributed by atoms with van der Waals surface area (Å²) < 4.78 is 16.6. The highest BCUT2D eigenvalue weighted by molar-refractivity contribution is 5.52. The van der Waals surface area contributed by atoms with Gasteiger partial charge in [0.25, 0.3) is 0 Å². The van der Waals surface area contributed by atoms with Crippen LogP contribution in [0.1, 0.15) is 28.4 Å². The maximum Gasteiger partial charge on any atom is 0.231 e. The number of aromatic hydroxyl groups is 1. The highest BCUT2D eigenvalue weighted by Gasteiger charge is 2.30. The molecule has 144 valence electrons. The molecule has 2 aromatic carbocycles. The number of phenols is 1. The number of nitrogens with one attached hydrogen (secondary N) is 1. The van der Waals surface area contributed by atoms with E-state index in [0.717, 1.165) is 47.1 Å². The molecule has 3 heterocycles. The van der Waals surface area contributed by atoms with E-state index in [1.807, 2.05) is 30.3 Å². The summed E-state index contributed by atoms with van der Waals surface area (Å²) in [5.74, 6) is 2.60. The van der Waals surface area contributed by atoms with Crippen LogP contribution in [0.3, 0.4) is 0 Å². The van der Waals surface area contributed by atoms with Gasteiger partial charge in [0.15, 0.2) is 11.5 Å². The molecule has 7 nitrogen and oxygen atoms in total. The van der Waals surface area contributed by atoms with E-state index >= 15 is 0 Å². The van der Waals surface area contributed by atoms with E-state index in [9.17, 15) is 5.11 Å². The largest absolute Gasteiger partial charge is 0.508 e. The quantitative estimate of drug-likeness (QED) is 0.725. The van der Waals surface area contributed by atoms with E-state index in [4.69, 9.17) is 14.2 Å². The number of aromatic nitrogens is 2. The van der Waals surface area contributed by atoms with Crippen molar-refractivity contribution in [1.82, 2.24) is 14.9 Å². The molecular formula is C21H21N3O4. The number of fused-ring (bicyclic) bond motifs is 2. The second kappa shape index (κ2) is 6.76. The number of phenolic OH excluding ortho intramolecular Hbond substituents is 1. The first-order valence-corrected chi connectivity index (χ1v) is 9.21. The molecule has 0 saturated heterocycles. The first kappa shape index (κ1) is 16.9. The Balaban J connectivity index is 1.46. The van der Waals surface area contributed by atoms with Crippen LogP contribution in [0.5, 0.6) is 23.0 Å². The molecule has 0 fully saturated rings. The number of nitrogens with zero attached hydrogens (tertiary/aromatic N) is 2. The van der Waals surface area contributed by atoms with Crippen molar-refractivity contribution in [3.8, 4) is 23.0 Å². The summed E-state index contributed by atoms with van der Waals surface area (Å²) in [5.41, 5.74) is 4.24. The lowest BCUT2D eigenvalue weighted by Gasteiger charge is -2.32. The van der Waals surface area contributed by atoms with Crippen molar-refractivity contribution in [2.45, 2.75) is 19.0 Å². The number of rotatable bonds is 4. The number of hydrogen-bond donors (Lipinski definition) is 2. The van der Waals surface area contributed by atoms with E-state index in [1.165, 1.54) is 0 Å². The van der Waals surface area contributed by atoms with Crippen LogP contribution in [0.25, 0.3) is 0 Å². The van der Waals surface area contributed by atoms with Crippen LogP contribution in [0.2, 0.25) is 0 Å². The topological polar surface area (TPSA) is 79.8 Å². The number of methoxy groups -OCH3 is 1. The van der Waals surface area contributed by atoms with Crippen molar-refractivity contribution in [3.05, 3.63) is 65.2 Å². The third-order valence-electron chi connectivity index (χ3n) is 5.35. The average Bonchev–Trinajstić information content (AvgIpc) is 3.35. The summed E-state index contributed by atoms with van der Waals surface area (Å²) in [6.07, 6.45) is 1.74. The fourth-order valence-corrected chi connectivity index (χ4v) is 4.04. The standard InChI is InChI=1S/C21H21N3O4/c1-26-18-7-20-19(27-12-28-20)6-14(18)8-24-9-16(13-3-2-4-15(25)5-13)21-17(10-24)22-11-23-21/h2-7,11,16,25H,8-10,12H2,1H3,(H,22,23). The van der Waals surface area contributed by atoms with Crippen molar-refractivity contribution < 1.29 is 19.3 Å². The van der Waals surface area contributed by atoms with Gasteiger partial charge in [-0.15, -0.1) is 0 Å². The molecule has 7 heteroatoms. The van der Waals surface area contributed by atoms with E-state index in [-0.39, 0.29) is 18.5 Å². The van der Waals surface area contributed by atoms with Crippen LogP contribution in [0.4, 0.5) is 0 Å². The van der Waals surface area contributed by atoms with Crippen molar-refractivity contribution in [2.75, 3.05) is 20.4 Å². The first-order chi connectivity index (χ1) is 13.7. The molecule has 1 unspecified atom stereocenters. The molecule has 2 N–H and O–H groups in total. The maximum atomic E-state index is 9.92. The van der Waals surface area contributed by atoms with Crippen molar-refractivity contribution in [3.63, 3.8) is 0 Å². The number of aromatic amines is 1. The van der Waals surface area contributed by atoms with Gasteiger partial charge in [0.2, 0.25) is 6.79 Å². The molecule has 1 aromatic heterocycles. The Morgan fingerprint density at radius 2 is 2.11 bits per heavy atom.